The molecule has 2 unspecified atom stereocenters. The minimum Gasteiger partial charge on any atom is -0.497 e. The number of aryl methyl sites for hydroxylation is 1. The number of nitrogen functional groups attached to an aromatic ring is 1. The van der Waals surface area contributed by atoms with E-state index in [4.69, 9.17) is 15.5 Å². The highest BCUT2D eigenvalue weighted by Gasteiger charge is 2.24. The average molecular weight is 443 g/mol. The van der Waals surface area contributed by atoms with Crippen LogP contribution in [-0.4, -0.2) is 28.2 Å². The van der Waals surface area contributed by atoms with Gasteiger partial charge in [-0.1, -0.05) is 30.8 Å². The van der Waals surface area contributed by atoms with Crippen LogP contribution >= 0.6 is 23.1 Å². The maximum absolute atomic E-state index is 12.5. The molecule has 8 heteroatoms. The molecule has 2 aromatic heterocycles. The van der Waals surface area contributed by atoms with Gasteiger partial charge in [-0.3, -0.25) is 4.79 Å². The van der Waals surface area contributed by atoms with E-state index in [1.165, 1.54) is 28.6 Å². The van der Waals surface area contributed by atoms with Gasteiger partial charge in [0.25, 0.3) is 0 Å². The van der Waals surface area contributed by atoms with Gasteiger partial charge < -0.3 is 15.8 Å². The summed E-state index contributed by atoms with van der Waals surface area (Å²) in [5, 5.41) is 4.21. The summed E-state index contributed by atoms with van der Waals surface area (Å²) in [4.78, 5) is 24.1. The summed E-state index contributed by atoms with van der Waals surface area (Å²) in [6, 6.07) is 7.64. The van der Waals surface area contributed by atoms with E-state index >= 15 is 0 Å². The number of fused-ring (bicyclic) bond motifs is 3. The number of hydrogen-bond donors (Lipinski definition) is 2. The summed E-state index contributed by atoms with van der Waals surface area (Å²) in [5.74, 6) is 1.96. The third-order valence-corrected chi connectivity index (χ3v) is 7.55. The number of hydrogen-bond acceptors (Lipinski definition) is 7. The second kappa shape index (κ2) is 8.81. The molecule has 2 atom stereocenters. The van der Waals surface area contributed by atoms with Gasteiger partial charge in [-0.15, -0.1) is 11.3 Å². The number of methoxy groups -OCH3 is 1. The van der Waals surface area contributed by atoms with Crippen LogP contribution < -0.4 is 15.8 Å². The third kappa shape index (κ3) is 4.39. The van der Waals surface area contributed by atoms with Gasteiger partial charge in [0.15, 0.2) is 5.16 Å². The Balaban J connectivity index is 1.43. The summed E-state index contributed by atoms with van der Waals surface area (Å²) < 4.78 is 5.16. The molecular formula is C22H26N4O2S2. The molecule has 0 saturated heterocycles. The van der Waals surface area contributed by atoms with Crippen LogP contribution in [-0.2, 0) is 24.2 Å². The predicted octanol–water partition coefficient (Wildman–Crippen LogP) is 4.20. The van der Waals surface area contributed by atoms with Crippen molar-refractivity contribution < 1.29 is 9.53 Å². The van der Waals surface area contributed by atoms with Crippen molar-refractivity contribution in [3.05, 3.63) is 40.3 Å². The molecule has 30 heavy (non-hydrogen) atoms. The zero-order valence-corrected chi connectivity index (χ0v) is 19.0. The molecule has 0 saturated carbocycles. The Bertz CT molecular complexity index is 1070. The van der Waals surface area contributed by atoms with Gasteiger partial charge >= 0.3 is 0 Å². The number of carbonyl (C=O) groups excluding carboxylic acids is 1. The fraction of sp³-hybridized carbons (Fsp3) is 0.409. The highest BCUT2D eigenvalue weighted by Crippen LogP contribution is 2.40. The van der Waals surface area contributed by atoms with Crippen LogP contribution in [0.3, 0.4) is 0 Å². The third-order valence-electron chi connectivity index (χ3n) is 5.44. The van der Waals surface area contributed by atoms with Crippen molar-refractivity contribution >= 4 is 45.0 Å². The van der Waals surface area contributed by atoms with Gasteiger partial charge in [0.2, 0.25) is 5.91 Å². The Morgan fingerprint density at radius 1 is 1.37 bits per heavy atom. The first kappa shape index (κ1) is 20.9. The van der Waals surface area contributed by atoms with Crippen LogP contribution in [0.25, 0.3) is 10.2 Å². The first-order valence-electron chi connectivity index (χ1n) is 10.1. The number of nitrogens with one attached hydrogen (secondary N) is 1. The fourth-order valence-corrected chi connectivity index (χ4v) is 5.94. The minimum atomic E-state index is -0.324. The SMILES string of the molecule is COc1ccc(CNC(=O)C(C)Sc2nc(N)c3c4c(sc3n2)CC(C)CC4)cc1. The molecule has 0 spiro atoms. The van der Waals surface area contributed by atoms with Gasteiger partial charge in [-0.05, 0) is 55.4 Å². The largest absolute Gasteiger partial charge is 0.497 e. The molecule has 2 heterocycles. The number of thioether (sulfide) groups is 1. The second-order valence-electron chi connectivity index (χ2n) is 7.75. The normalized spacial score (nSPS) is 16.8. The number of rotatable bonds is 6. The van der Waals surface area contributed by atoms with Gasteiger partial charge in [0.1, 0.15) is 16.4 Å². The maximum atomic E-state index is 12.5. The van der Waals surface area contributed by atoms with Crippen LogP contribution in [0.2, 0.25) is 0 Å². The number of benzene rings is 1. The number of carbonyl (C=O) groups is 1. The Labute approximate surface area is 184 Å². The molecule has 3 N–H and O–H groups in total. The quantitative estimate of drug-likeness (QED) is 0.439. The summed E-state index contributed by atoms with van der Waals surface area (Å²) in [5.41, 5.74) is 8.64. The molecule has 6 nitrogen and oxygen atoms in total. The van der Waals surface area contributed by atoms with E-state index < -0.39 is 0 Å². The van der Waals surface area contributed by atoms with Crippen molar-refractivity contribution in [3.8, 4) is 5.75 Å². The van der Waals surface area contributed by atoms with Crippen molar-refractivity contribution in [1.29, 1.82) is 0 Å². The highest BCUT2D eigenvalue weighted by molar-refractivity contribution is 8.00. The number of amides is 1. The number of aromatic nitrogens is 2. The molecule has 0 fully saturated rings. The lowest BCUT2D eigenvalue weighted by Crippen LogP contribution is -2.30. The van der Waals surface area contributed by atoms with Gasteiger partial charge in [0.05, 0.1) is 17.7 Å². The Morgan fingerprint density at radius 3 is 2.87 bits per heavy atom. The molecule has 0 radical (unpaired) electrons. The standard InChI is InChI=1S/C22H26N4O2S2/c1-12-4-9-16-17(10-12)30-21-18(16)19(23)25-22(26-21)29-13(2)20(27)24-11-14-5-7-15(28-3)8-6-14/h5-8,12-13H,4,9-11H2,1-3H3,(H,24,27)(H2,23,25,26). The first-order valence-corrected chi connectivity index (χ1v) is 11.8. The molecule has 0 bridgehead atoms. The zero-order chi connectivity index (χ0) is 21.3. The smallest absolute Gasteiger partial charge is 0.233 e. The van der Waals surface area contributed by atoms with Crippen LogP contribution in [0.1, 0.15) is 36.3 Å². The molecule has 0 aliphatic heterocycles. The van der Waals surface area contributed by atoms with E-state index in [0.717, 1.165) is 34.4 Å². The maximum Gasteiger partial charge on any atom is 0.233 e. The number of nitrogens with two attached hydrogens (primary N) is 1. The van der Waals surface area contributed by atoms with Crippen molar-refractivity contribution in [2.45, 2.75) is 50.1 Å². The molecule has 1 aliphatic rings. The number of anilines is 1. The number of nitrogens with zero attached hydrogens (tertiary/aromatic N) is 2. The minimum absolute atomic E-state index is 0.0580. The van der Waals surface area contributed by atoms with E-state index in [-0.39, 0.29) is 11.2 Å². The lowest BCUT2D eigenvalue weighted by atomic mass is 9.89. The first-order chi connectivity index (χ1) is 14.4. The van der Waals surface area contributed by atoms with Crippen LogP contribution in [0.4, 0.5) is 5.82 Å². The number of ether oxygens (including phenoxy) is 1. The van der Waals surface area contributed by atoms with E-state index in [1.807, 2.05) is 31.2 Å². The number of thiophene rings is 1. The highest BCUT2D eigenvalue weighted by atomic mass is 32.2. The molecule has 1 amide bonds. The predicted molar refractivity (Wildman–Crippen MR) is 123 cm³/mol. The van der Waals surface area contributed by atoms with Crippen molar-refractivity contribution in [3.63, 3.8) is 0 Å². The molecule has 1 aliphatic carbocycles. The average Bonchev–Trinajstić information content (AvgIpc) is 3.09. The van der Waals surface area contributed by atoms with Crippen molar-refractivity contribution in [2.24, 2.45) is 5.92 Å². The lowest BCUT2D eigenvalue weighted by Gasteiger charge is -2.17. The second-order valence-corrected chi connectivity index (χ2v) is 10.1. The lowest BCUT2D eigenvalue weighted by molar-refractivity contribution is -0.120. The van der Waals surface area contributed by atoms with Gasteiger partial charge in [-0.2, -0.15) is 0 Å². The molecule has 1 aromatic carbocycles. The Kier molecular flexibility index (Phi) is 6.15. The molecule has 3 aromatic rings. The fourth-order valence-electron chi connectivity index (χ4n) is 3.69. The summed E-state index contributed by atoms with van der Waals surface area (Å²) >= 11 is 3.06. The summed E-state index contributed by atoms with van der Waals surface area (Å²) in [7, 11) is 1.63. The van der Waals surface area contributed by atoms with Crippen molar-refractivity contribution in [2.75, 3.05) is 12.8 Å². The van der Waals surface area contributed by atoms with E-state index in [0.29, 0.717) is 23.4 Å². The monoisotopic (exact) mass is 442 g/mol. The zero-order valence-electron chi connectivity index (χ0n) is 17.4. The summed E-state index contributed by atoms with van der Waals surface area (Å²) in [6.07, 6.45) is 3.31. The molecule has 158 valence electrons. The van der Waals surface area contributed by atoms with Crippen LogP contribution in [0.15, 0.2) is 29.4 Å². The topological polar surface area (TPSA) is 90.1 Å². The van der Waals surface area contributed by atoms with Gasteiger partial charge in [-0.25, -0.2) is 9.97 Å². The van der Waals surface area contributed by atoms with E-state index in [1.54, 1.807) is 18.4 Å². The van der Waals surface area contributed by atoms with E-state index in [9.17, 15) is 4.79 Å². The van der Waals surface area contributed by atoms with Gasteiger partial charge in [0, 0.05) is 11.4 Å². The molecular weight excluding hydrogens is 416 g/mol. The Hall–Kier alpha value is -2.32. The molecule has 4 rings (SSSR count). The van der Waals surface area contributed by atoms with Crippen LogP contribution in [0, 0.1) is 5.92 Å². The summed E-state index contributed by atoms with van der Waals surface area (Å²) in [6.45, 7) is 4.61. The van der Waals surface area contributed by atoms with Crippen LogP contribution in [0.5, 0.6) is 5.75 Å². The van der Waals surface area contributed by atoms with E-state index in [2.05, 4.69) is 17.2 Å². The Morgan fingerprint density at radius 2 is 2.13 bits per heavy atom. The van der Waals surface area contributed by atoms with Crippen molar-refractivity contribution in [1.82, 2.24) is 15.3 Å².